The molecule has 0 aliphatic carbocycles. The number of rotatable bonds is 6. The number of methoxy groups -OCH3 is 1. The Balaban J connectivity index is 2.33. The lowest BCUT2D eigenvalue weighted by molar-refractivity contribution is 0.0416. The molecule has 3 heteroatoms. The summed E-state index contributed by atoms with van der Waals surface area (Å²) in [6, 6.07) is 0. The van der Waals surface area contributed by atoms with Crippen molar-refractivity contribution in [2.75, 3.05) is 33.4 Å². The molecule has 1 aliphatic rings. The van der Waals surface area contributed by atoms with Gasteiger partial charge < -0.3 is 14.7 Å². The van der Waals surface area contributed by atoms with Crippen LogP contribution in [-0.4, -0.2) is 49.5 Å². The summed E-state index contributed by atoms with van der Waals surface area (Å²) in [6.07, 6.45) is 2.19. The van der Waals surface area contributed by atoms with Crippen molar-refractivity contribution in [3.63, 3.8) is 0 Å². The van der Waals surface area contributed by atoms with Crippen molar-refractivity contribution in [2.24, 2.45) is 11.8 Å². The minimum atomic E-state index is -0.330. The van der Waals surface area contributed by atoms with E-state index in [9.17, 15) is 5.11 Å². The lowest BCUT2D eigenvalue weighted by Gasteiger charge is -2.19. The van der Waals surface area contributed by atoms with Crippen LogP contribution in [0, 0.1) is 11.8 Å². The molecule has 3 nitrogen and oxygen atoms in total. The highest BCUT2D eigenvalue weighted by atomic mass is 16.5. The average Bonchev–Trinajstić information content (AvgIpc) is 2.60. The van der Waals surface area contributed by atoms with Crippen LogP contribution in [0.2, 0.25) is 0 Å². The van der Waals surface area contributed by atoms with Gasteiger partial charge in [-0.1, -0.05) is 26.7 Å². The number of β-amino-alcohol motifs (C(OH)–C–C–N with tert-alkyl or cyclic N) is 1. The van der Waals surface area contributed by atoms with E-state index in [2.05, 4.69) is 18.7 Å². The molecular formula is C12H25NO2. The van der Waals surface area contributed by atoms with Crippen LogP contribution in [0.5, 0.6) is 0 Å². The molecule has 15 heavy (non-hydrogen) atoms. The fraction of sp³-hybridized carbons (Fsp3) is 1.00. The van der Waals surface area contributed by atoms with Crippen molar-refractivity contribution in [2.45, 2.75) is 32.8 Å². The largest absolute Gasteiger partial charge is 0.389 e. The normalized spacial score (nSPS) is 29.6. The first-order valence-electron chi connectivity index (χ1n) is 6.10. The second kappa shape index (κ2) is 6.46. The fourth-order valence-electron chi connectivity index (χ4n) is 2.65. The Hall–Kier alpha value is -0.120. The zero-order chi connectivity index (χ0) is 11.3. The Kier molecular flexibility index (Phi) is 5.58. The molecule has 3 atom stereocenters. The van der Waals surface area contributed by atoms with E-state index in [1.807, 2.05) is 0 Å². The Bertz CT molecular complexity index is 163. The number of likely N-dealkylation sites (tertiary alicyclic amines) is 1. The van der Waals surface area contributed by atoms with E-state index < -0.39 is 0 Å². The summed E-state index contributed by atoms with van der Waals surface area (Å²) in [7, 11) is 1.64. The van der Waals surface area contributed by atoms with Gasteiger partial charge in [0.15, 0.2) is 0 Å². The third-order valence-electron chi connectivity index (χ3n) is 3.53. The molecule has 0 aromatic heterocycles. The Morgan fingerprint density at radius 2 is 1.80 bits per heavy atom. The molecule has 3 unspecified atom stereocenters. The molecule has 90 valence electrons. The average molecular weight is 215 g/mol. The van der Waals surface area contributed by atoms with Crippen LogP contribution in [0.15, 0.2) is 0 Å². The monoisotopic (exact) mass is 215 g/mol. The molecule has 1 rings (SSSR count). The van der Waals surface area contributed by atoms with E-state index in [1.54, 1.807) is 7.11 Å². The van der Waals surface area contributed by atoms with Crippen LogP contribution in [-0.2, 0) is 4.74 Å². The standard InChI is InChI=1S/C12H25NO2/c1-4-10-6-13(7-11(10)5-2)8-12(14)9-15-3/h10-12,14H,4-9H2,1-3H3. The quantitative estimate of drug-likeness (QED) is 0.726. The number of ether oxygens (including phenoxy) is 1. The van der Waals surface area contributed by atoms with Gasteiger partial charge >= 0.3 is 0 Å². The highest BCUT2D eigenvalue weighted by Crippen LogP contribution is 2.28. The molecule has 0 aromatic rings. The van der Waals surface area contributed by atoms with Gasteiger partial charge in [-0.15, -0.1) is 0 Å². The maximum Gasteiger partial charge on any atom is 0.0900 e. The summed E-state index contributed by atoms with van der Waals surface area (Å²) < 4.78 is 4.94. The second-order valence-electron chi connectivity index (χ2n) is 4.66. The first kappa shape index (κ1) is 12.9. The van der Waals surface area contributed by atoms with Gasteiger partial charge in [-0.05, 0) is 11.8 Å². The van der Waals surface area contributed by atoms with Crippen molar-refractivity contribution in [3.05, 3.63) is 0 Å². The van der Waals surface area contributed by atoms with Crippen LogP contribution in [0.4, 0.5) is 0 Å². The summed E-state index contributed by atoms with van der Waals surface area (Å²) >= 11 is 0. The molecule has 1 saturated heterocycles. The number of aliphatic hydroxyl groups is 1. The first-order valence-corrected chi connectivity index (χ1v) is 6.10. The van der Waals surface area contributed by atoms with E-state index in [1.165, 1.54) is 12.8 Å². The maximum absolute atomic E-state index is 9.66. The fourth-order valence-corrected chi connectivity index (χ4v) is 2.65. The van der Waals surface area contributed by atoms with Crippen molar-refractivity contribution in [1.29, 1.82) is 0 Å². The smallest absolute Gasteiger partial charge is 0.0900 e. The zero-order valence-corrected chi connectivity index (χ0v) is 10.3. The Labute approximate surface area is 93.4 Å². The number of hydrogen-bond donors (Lipinski definition) is 1. The van der Waals surface area contributed by atoms with Crippen molar-refractivity contribution in [1.82, 2.24) is 4.90 Å². The maximum atomic E-state index is 9.66. The van der Waals surface area contributed by atoms with E-state index in [-0.39, 0.29) is 6.10 Å². The van der Waals surface area contributed by atoms with E-state index >= 15 is 0 Å². The van der Waals surface area contributed by atoms with E-state index in [0.717, 1.165) is 31.5 Å². The van der Waals surface area contributed by atoms with Gasteiger partial charge in [0.05, 0.1) is 12.7 Å². The third kappa shape index (κ3) is 3.74. The molecule has 0 bridgehead atoms. The van der Waals surface area contributed by atoms with Gasteiger partial charge in [0.25, 0.3) is 0 Å². The predicted molar refractivity (Wildman–Crippen MR) is 61.9 cm³/mol. The highest BCUT2D eigenvalue weighted by Gasteiger charge is 2.30. The van der Waals surface area contributed by atoms with Crippen LogP contribution >= 0.6 is 0 Å². The van der Waals surface area contributed by atoms with Crippen LogP contribution in [0.25, 0.3) is 0 Å². The highest BCUT2D eigenvalue weighted by molar-refractivity contribution is 4.83. The molecular weight excluding hydrogens is 190 g/mol. The molecule has 1 fully saturated rings. The molecule has 0 spiro atoms. The minimum Gasteiger partial charge on any atom is -0.389 e. The summed E-state index contributed by atoms with van der Waals surface area (Å²) in [5.41, 5.74) is 0. The van der Waals surface area contributed by atoms with Gasteiger partial charge in [0.1, 0.15) is 0 Å². The topological polar surface area (TPSA) is 32.7 Å². The Morgan fingerprint density at radius 1 is 1.27 bits per heavy atom. The van der Waals surface area contributed by atoms with Gasteiger partial charge in [-0.25, -0.2) is 0 Å². The minimum absolute atomic E-state index is 0.330. The molecule has 0 saturated carbocycles. The predicted octanol–water partition coefficient (Wildman–Crippen LogP) is 1.36. The summed E-state index contributed by atoms with van der Waals surface area (Å²) in [5.74, 6) is 1.65. The number of hydrogen-bond acceptors (Lipinski definition) is 3. The first-order chi connectivity index (χ1) is 7.21. The number of aliphatic hydroxyl groups excluding tert-OH is 1. The molecule has 0 amide bonds. The SMILES string of the molecule is CCC1CN(CC(O)COC)CC1CC. The van der Waals surface area contributed by atoms with Crippen molar-refractivity contribution in [3.8, 4) is 0 Å². The molecule has 1 N–H and O–H groups in total. The van der Waals surface area contributed by atoms with E-state index in [0.29, 0.717) is 6.61 Å². The lowest BCUT2D eigenvalue weighted by Crippen LogP contribution is -2.33. The summed E-state index contributed by atoms with van der Waals surface area (Å²) in [4.78, 5) is 2.38. The van der Waals surface area contributed by atoms with Gasteiger partial charge in [0, 0.05) is 26.7 Å². The molecule has 0 aromatic carbocycles. The van der Waals surface area contributed by atoms with Crippen molar-refractivity contribution < 1.29 is 9.84 Å². The van der Waals surface area contributed by atoms with Crippen LogP contribution < -0.4 is 0 Å². The summed E-state index contributed by atoms with van der Waals surface area (Å²) in [5, 5.41) is 9.66. The third-order valence-corrected chi connectivity index (χ3v) is 3.53. The Morgan fingerprint density at radius 3 is 2.20 bits per heavy atom. The van der Waals surface area contributed by atoms with Gasteiger partial charge in [-0.3, -0.25) is 0 Å². The van der Waals surface area contributed by atoms with Crippen LogP contribution in [0.1, 0.15) is 26.7 Å². The summed E-state index contributed by atoms with van der Waals surface area (Å²) in [6.45, 7) is 8.04. The zero-order valence-electron chi connectivity index (χ0n) is 10.3. The van der Waals surface area contributed by atoms with Crippen molar-refractivity contribution >= 4 is 0 Å². The molecule has 0 radical (unpaired) electrons. The second-order valence-corrected chi connectivity index (χ2v) is 4.66. The number of nitrogens with zero attached hydrogens (tertiary/aromatic N) is 1. The molecule has 1 heterocycles. The molecule has 1 aliphatic heterocycles. The van der Waals surface area contributed by atoms with Gasteiger partial charge in [0.2, 0.25) is 0 Å². The van der Waals surface area contributed by atoms with E-state index in [4.69, 9.17) is 4.74 Å². The lowest BCUT2D eigenvalue weighted by atomic mass is 9.92. The van der Waals surface area contributed by atoms with Crippen LogP contribution in [0.3, 0.4) is 0 Å². The van der Waals surface area contributed by atoms with Gasteiger partial charge in [-0.2, -0.15) is 0 Å².